The predicted octanol–water partition coefficient (Wildman–Crippen LogP) is 3.73. The molecule has 0 saturated carbocycles. The van der Waals surface area contributed by atoms with Crippen molar-refractivity contribution in [2.75, 3.05) is 19.5 Å². The van der Waals surface area contributed by atoms with Gasteiger partial charge in [0.2, 0.25) is 5.91 Å². The van der Waals surface area contributed by atoms with Gasteiger partial charge in [0, 0.05) is 17.0 Å². The van der Waals surface area contributed by atoms with Crippen LogP contribution in [0.5, 0.6) is 11.5 Å². The Morgan fingerprint density at radius 3 is 2.67 bits per heavy atom. The Morgan fingerprint density at radius 1 is 1.24 bits per heavy atom. The maximum absolute atomic E-state index is 12.0. The van der Waals surface area contributed by atoms with E-state index in [1.54, 1.807) is 43.8 Å². The number of methoxy groups -OCH3 is 2. The molecule has 0 fully saturated rings. The van der Waals surface area contributed by atoms with Crippen LogP contribution in [-0.2, 0) is 4.79 Å². The fourth-order valence-corrected chi connectivity index (χ4v) is 2.61. The standard InChI is InChI=1S/C16H17NO3S/c1-11-8-9-21-15(11)6-7-16(18)17-13-10-12(19-2)4-5-14(13)20-3/h4-10H,1-3H3,(H,17,18). The molecule has 21 heavy (non-hydrogen) atoms. The number of nitrogens with one attached hydrogen (secondary N) is 1. The molecule has 0 atom stereocenters. The van der Waals surface area contributed by atoms with Gasteiger partial charge in [-0.2, -0.15) is 0 Å². The van der Waals surface area contributed by atoms with Crippen molar-refractivity contribution < 1.29 is 14.3 Å². The van der Waals surface area contributed by atoms with Crippen LogP contribution >= 0.6 is 11.3 Å². The van der Waals surface area contributed by atoms with Crippen molar-refractivity contribution in [1.82, 2.24) is 0 Å². The van der Waals surface area contributed by atoms with E-state index in [0.717, 1.165) is 10.4 Å². The minimum atomic E-state index is -0.214. The molecule has 0 spiro atoms. The molecule has 4 nitrogen and oxygen atoms in total. The first-order valence-corrected chi connectivity index (χ1v) is 7.27. The van der Waals surface area contributed by atoms with Crippen LogP contribution in [0, 0.1) is 6.92 Å². The maximum Gasteiger partial charge on any atom is 0.248 e. The van der Waals surface area contributed by atoms with Gasteiger partial charge in [-0.25, -0.2) is 0 Å². The molecule has 1 heterocycles. The lowest BCUT2D eigenvalue weighted by Gasteiger charge is -2.10. The normalized spacial score (nSPS) is 10.6. The number of hydrogen-bond acceptors (Lipinski definition) is 4. The van der Waals surface area contributed by atoms with Crippen molar-refractivity contribution in [3.8, 4) is 11.5 Å². The number of ether oxygens (including phenoxy) is 2. The summed E-state index contributed by atoms with van der Waals surface area (Å²) < 4.78 is 10.4. The van der Waals surface area contributed by atoms with Gasteiger partial charge < -0.3 is 14.8 Å². The minimum absolute atomic E-state index is 0.214. The number of amides is 1. The number of rotatable bonds is 5. The molecular formula is C16H17NO3S. The van der Waals surface area contributed by atoms with Crippen LogP contribution in [0.2, 0.25) is 0 Å². The summed E-state index contributed by atoms with van der Waals surface area (Å²) in [5, 5.41) is 4.79. The average Bonchev–Trinajstić information content (AvgIpc) is 2.90. The summed E-state index contributed by atoms with van der Waals surface area (Å²) in [6, 6.07) is 7.27. The van der Waals surface area contributed by atoms with E-state index < -0.39 is 0 Å². The lowest BCUT2D eigenvalue weighted by atomic mass is 10.2. The van der Waals surface area contributed by atoms with E-state index in [-0.39, 0.29) is 5.91 Å². The van der Waals surface area contributed by atoms with Crippen LogP contribution in [0.4, 0.5) is 5.69 Å². The molecule has 0 bridgehead atoms. The van der Waals surface area contributed by atoms with Gasteiger partial charge in [0.25, 0.3) is 0 Å². The van der Waals surface area contributed by atoms with Crippen molar-refractivity contribution in [1.29, 1.82) is 0 Å². The molecule has 1 aromatic heterocycles. The highest BCUT2D eigenvalue weighted by Crippen LogP contribution is 2.28. The van der Waals surface area contributed by atoms with Gasteiger partial charge >= 0.3 is 0 Å². The van der Waals surface area contributed by atoms with Gasteiger partial charge in [-0.3, -0.25) is 4.79 Å². The van der Waals surface area contributed by atoms with E-state index >= 15 is 0 Å². The largest absolute Gasteiger partial charge is 0.497 e. The number of benzene rings is 1. The monoisotopic (exact) mass is 303 g/mol. The van der Waals surface area contributed by atoms with Gasteiger partial charge in [0.1, 0.15) is 11.5 Å². The zero-order valence-electron chi connectivity index (χ0n) is 12.2. The van der Waals surface area contributed by atoms with Gasteiger partial charge in [-0.05, 0) is 42.1 Å². The number of aryl methyl sites for hydroxylation is 1. The molecule has 0 saturated heterocycles. The maximum atomic E-state index is 12.0. The third-order valence-corrected chi connectivity index (χ3v) is 3.94. The van der Waals surface area contributed by atoms with Crippen LogP contribution in [0.15, 0.2) is 35.7 Å². The molecule has 0 aliphatic carbocycles. The summed E-state index contributed by atoms with van der Waals surface area (Å²) >= 11 is 1.60. The van der Waals surface area contributed by atoms with Crippen molar-refractivity contribution in [2.24, 2.45) is 0 Å². The Kier molecular flexibility index (Phi) is 5.00. The van der Waals surface area contributed by atoms with Crippen LogP contribution in [0.3, 0.4) is 0 Å². The highest BCUT2D eigenvalue weighted by molar-refractivity contribution is 7.11. The smallest absolute Gasteiger partial charge is 0.248 e. The SMILES string of the molecule is COc1ccc(OC)c(NC(=O)C=Cc2sccc2C)c1. The number of carbonyl (C=O) groups excluding carboxylic acids is 1. The van der Waals surface area contributed by atoms with E-state index in [9.17, 15) is 4.79 Å². The van der Waals surface area contributed by atoms with E-state index in [2.05, 4.69) is 5.32 Å². The Labute approximate surface area is 128 Å². The van der Waals surface area contributed by atoms with E-state index in [1.807, 2.05) is 24.4 Å². The van der Waals surface area contributed by atoms with Crippen molar-refractivity contribution >= 4 is 29.0 Å². The van der Waals surface area contributed by atoms with Crippen LogP contribution in [0.1, 0.15) is 10.4 Å². The first kappa shape index (κ1) is 15.1. The van der Waals surface area contributed by atoms with Crippen molar-refractivity contribution in [3.05, 3.63) is 46.2 Å². The molecule has 1 aromatic carbocycles. The molecular weight excluding hydrogens is 286 g/mol. The quantitative estimate of drug-likeness (QED) is 0.856. The molecule has 1 N–H and O–H groups in total. The van der Waals surface area contributed by atoms with Gasteiger partial charge in [0.15, 0.2) is 0 Å². The lowest BCUT2D eigenvalue weighted by Crippen LogP contribution is -2.09. The average molecular weight is 303 g/mol. The second-order valence-corrected chi connectivity index (χ2v) is 5.30. The molecule has 0 unspecified atom stereocenters. The second kappa shape index (κ2) is 6.95. The molecule has 0 aliphatic rings. The van der Waals surface area contributed by atoms with E-state index in [0.29, 0.717) is 17.2 Å². The first-order chi connectivity index (χ1) is 10.1. The lowest BCUT2D eigenvalue weighted by molar-refractivity contribution is -0.111. The zero-order chi connectivity index (χ0) is 15.2. The molecule has 0 aliphatic heterocycles. The molecule has 5 heteroatoms. The molecule has 1 amide bonds. The fraction of sp³-hybridized carbons (Fsp3) is 0.188. The fourth-order valence-electron chi connectivity index (χ4n) is 1.79. The van der Waals surface area contributed by atoms with Crippen LogP contribution < -0.4 is 14.8 Å². The Balaban J connectivity index is 2.12. The van der Waals surface area contributed by atoms with Crippen LogP contribution in [-0.4, -0.2) is 20.1 Å². The van der Waals surface area contributed by atoms with Crippen LogP contribution in [0.25, 0.3) is 6.08 Å². The van der Waals surface area contributed by atoms with Gasteiger partial charge in [-0.1, -0.05) is 0 Å². The Morgan fingerprint density at radius 2 is 2.05 bits per heavy atom. The van der Waals surface area contributed by atoms with E-state index in [1.165, 1.54) is 6.08 Å². The molecule has 0 radical (unpaired) electrons. The third kappa shape index (κ3) is 3.86. The predicted molar refractivity (Wildman–Crippen MR) is 86.3 cm³/mol. The number of hydrogen-bond donors (Lipinski definition) is 1. The minimum Gasteiger partial charge on any atom is -0.497 e. The Bertz CT molecular complexity index is 661. The van der Waals surface area contributed by atoms with Gasteiger partial charge in [0.05, 0.1) is 19.9 Å². The summed E-state index contributed by atoms with van der Waals surface area (Å²) in [5.74, 6) is 1.03. The summed E-state index contributed by atoms with van der Waals surface area (Å²) in [6.07, 6.45) is 3.32. The summed E-state index contributed by atoms with van der Waals surface area (Å²) in [7, 11) is 3.13. The summed E-state index contributed by atoms with van der Waals surface area (Å²) in [4.78, 5) is 13.1. The molecule has 2 rings (SSSR count). The molecule has 110 valence electrons. The third-order valence-electron chi connectivity index (χ3n) is 2.95. The number of anilines is 1. The van der Waals surface area contributed by atoms with E-state index in [4.69, 9.17) is 9.47 Å². The topological polar surface area (TPSA) is 47.6 Å². The summed E-state index contributed by atoms with van der Waals surface area (Å²) in [6.45, 7) is 2.01. The molecule has 2 aromatic rings. The number of thiophene rings is 1. The zero-order valence-corrected chi connectivity index (χ0v) is 13.0. The number of carbonyl (C=O) groups is 1. The first-order valence-electron chi connectivity index (χ1n) is 6.39. The second-order valence-electron chi connectivity index (χ2n) is 4.36. The highest BCUT2D eigenvalue weighted by atomic mass is 32.1. The van der Waals surface area contributed by atoms with Crippen molar-refractivity contribution in [3.63, 3.8) is 0 Å². The van der Waals surface area contributed by atoms with Crippen molar-refractivity contribution in [2.45, 2.75) is 6.92 Å². The summed E-state index contributed by atoms with van der Waals surface area (Å²) in [5.41, 5.74) is 1.73. The Hall–Kier alpha value is -2.27. The highest BCUT2D eigenvalue weighted by Gasteiger charge is 2.07. The van der Waals surface area contributed by atoms with Gasteiger partial charge in [-0.15, -0.1) is 11.3 Å².